The van der Waals surface area contributed by atoms with E-state index < -0.39 is 0 Å². The minimum atomic E-state index is 0. The van der Waals surface area contributed by atoms with Gasteiger partial charge in [-0.2, -0.15) is 0 Å². The summed E-state index contributed by atoms with van der Waals surface area (Å²) in [5, 5.41) is 0. The Morgan fingerprint density at radius 2 is 0.938 bits per heavy atom. The molecule has 0 bridgehead atoms. The van der Waals surface area contributed by atoms with Gasteiger partial charge in [0.25, 0.3) is 0 Å². The molecular weight excluding hydrogens is 247 g/mol. The molecule has 87 valence electrons. The molecule has 1 aliphatic rings. The fourth-order valence-electron chi connectivity index (χ4n) is 0.895. The summed E-state index contributed by atoms with van der Waals surface area (Å²) < 4.78 is 19.9. The first-order valence-electron chi connectivity index (χ1n) is 4.49. The maximum atomic E-state index is 7.50. The maximum Gasteiger partial charge on any atom is 0 e. The zero-order chi connectivity index (χ0) is 11.8. The van der Waals surface area contributed by atoms with Gasteiger partial charge in [0.15, 0.2) is 0 Å². The van der Waals surface area contributed by atoms with Crippen LogP contribution in [0.15, 0.2) is 36.4 Å². The molecule has 0 saturated carbocycles. The molecule has 0 atom stereocenters. The summed E-state index contributed by atoms with van der Waals surface area (Å²) in [6, 6.07) is 12.0. The van der Waals surface area contributed by atoms with Gasteiger partial charge in [-0.25, -0.2) is 0 Å². The summed E-state index contributed by atoms with van der Waals surface area (Å²) in [6.45, 7) is 11.0. The Balaban J connectivity index is -0.000000156. The van der Waals surface area contributed by atoms with Gasteiger partial charge < -0.3 is 4.74 Å². The van der Waals surface area contributed by atoms with Crippen LogP contribution in [0.1, 0.15) is 12.8 Å². The van der Waals surface area contributed by atoms with Crippen LogP contribution in [0.2, 0.25) is 0 Å². The van der Waals surface area contributed by atoms with Crippen molar-refractivity contribution in [3.63, 3.8) is 0 Å². The van der Waals surface area contributed by atoms with Gasteiger partial charge in [-0.3, -0.25) is 0 Å². The Kier molecular flexibility index (Phi) is 30.6. The summed E-state index contributed by atoms with van der Waals surface area (Å²) >= 11 is 0. The zero-order valence-electron chi connectivity index (χ0n) is 8.90. The van der Waals surface area contributed by atoms with Crippen LogP contribution in [0.5, 0.6) is 0 Å². The van der Waals surface area contributed by atoms with Crippen LogP contribution in [-0.4, -0.2) is 13.2 Å². The minimum absolute atomic E-state index is 0. The van der Waals surface area contributed by atoms with Gasteiger partial charge in [0.1, 0.15) is 0 Å². The van der Waals surface area contributed by atoms with Gasteiger partial charge >= 0.3 is 22.6 Å². The molecule has 0 unspecified atom stereocenters. The van der Waals surface area contributed by atoms with Gasteiger partial charge in [-0.15, -0.1) is 0 Å². The number of benzene rings is 1. The van der Waals surface area contributed by atoms with Crippen LogP contribution in [0.25, 0.3) is 0 Å². The number of hydrogen-bond acceptors (Lipinski definition) is 1. The summed E-state index contributed by atoms with van der Waals surface area (Å²) in [6.07, 6.45) is 2.56. The molecule has 1 radical (unpaired) electrons. The number of hydrogen-bond donors (Lipinski definition) is 0. The summed E-state index contributed by atoms with van der Waals surface area (Å²) in [5.41, 5.74) is 0. The minimum Gasteiger partial charge on any atom is -0.0623 e. The second-order valence-electron chi connectivity index (χ2n) is 2.47. The summed E-state index contributed by atoms with van der Waals surface area (Å²) in [5.74, 6) is 0. The molecule has 1 heterocycles. The van der Waals surface area contributed by atoms with Gasteiger partial charge in [-0.1, -0.05) is 36.4 Å². The van der Waals surface area contributed by atoms with E-state index in [1.807, 2.05) is 36.4 Å². The predicted molar refractivity (Wildman–Crippen MR) is 54.4 cm³/mol. The number of rotatable bonds is 0. The van der Waals surface area contributed by atoms with E-state index in [0.717, 1.165) is 13.2 Å². The molecule has 0 aliphatic carbocycles. The Hall–Kier alpha value is -0.821. The van der Waals surface area contributed by atoms with Gasteiger partial charge in [0, 0.05) is 30.3 Å². The van der Waals surface area contributed by atoms with Crippen LogP contribution in [0.4, 0.5) is 0 Å². The quantitative estimate of drug-likeness (QED) is 0.402. The van der Waals surface area contributed by atoms with E-state index >= 15 is 0 Å². The first-order chi connectivity index (χ1) is 7.50. The van der Waals surface area contributed by atoms with Crippen LogP contribution in [0, 0.1) is 13.3 Å². The molecule has 1 aromatic rings. The summed E-state index contributed by atoms with van der Waals surface area (Å²) in [4.78, 5) is 0. The second-order valence-corrected chi connectivity index (χ2v) is 2.47. The molecule has 3 nitrogen and oxygen atoms in total. The third kappa shape index (κ3) is 18.9. The third-order valence-corrected chi connectivity index (χ3v) is 1.49. The fourth-order valence-corrected chi connectivity index (χ4v) is 0.895. The van der Waals surface area contributed by atoms with E-state index in [9.17, 15) is 0 Å². The third-order valence-electron chi connectivity index (χ3n) is 1.49. The van der Waals surface area contributed by atoms with Crippen molar-refractivity contribution in [1.29, 1.82) is 0 Å². The smallest absolute Gasteiger partial charge is 0 e. The Labute approximate surface area is 107 Å². The summed E-state index contributed by atoms with van der Waals surface area (Å²) in [7, 11) is 0. The molecule has 0 N–H and O–H groups in total. The van der Waals surface area contributed by atoms with Crippen molar-refractivity contribution in [2.45, 2.75) is 12.8 Å². The van der Waals surface area contributed by atoms with Gasteiger partial charge in [-0.05, 0) is 12.8 Å². The van der Waals surface area contributed by atoms with Crippen molar-refractivity contribution >= 4 is 0 Å². The molecule has 1 fully saturated rings. The normalized spacial score (nSPS) is 10.8. The van der Waals surface area contributed by atoms with Crippen molar-refractivity contribution in [2.75, 3.05) is 13.2 Å². The van der Waals surface area contributed by atoms with Crippen molar-refractivity contribution in [1.82, 2.24) is 0 Å². The van der Waals surface area contributed by atoms with E-state index in [0.29, 0.717) is 0 Å². The van der Waals surface area contributed by atoms with E-state index in [1.54, 1.807) is 0 Å². The molecule has 16 heavy (non-hydrogen) atoms. The van der Waals surface area contributed by atoms with Crippen LogP contribution in [-0.2, 0) is 31.1 Å². The van der Waals surface area contributed by atoms with Crippen molar-refractivity contribution in [3.8, 4) is 0 Å². The molecule has 4 heteroatoms. The monoisotopic (exact) mass is 261 g/mol. The van der Waals surface area contributed by atoms with Crippen molar-refractivity contribution in [2.24, 2.45) is 0 Å². The van der Waals surface area contributed by atoms with Crippen molar-refractivity contribution < 1.29 is 31.1 Å². The molecule has 0 aromatic heterocycles. The topological polar surface area (TPSA) is 49.0 Å². The SMILES string of the molecule is C1CCOC1.[C-]#[O+].[C-]#[O+].[Mn].c1ccccc1. The first-order valence-corrected chi connectivity index (χ1v) is 4.49. The Bertz CT molecular complexity index is 189. The standard InChI is InChI=1S/C6H6.C4H8O.2CO.Mn/c1-2-4-6-5-3-1;1-2-4-5-3-1;2*1-2;/h1-6H;1-4H2;;;. The Morgan fingerprint density at radius 1 is 0.688 bits per heavy atom. The Morgan fingerprint density at radius 3 is 1.06 bits per heavy atom. The van der Waals surface area contributed by atoms with Crippen LogP contribution >= 0.6 is 0 Å². The molecule has 0 amide bonds. The first kappa shape index (κ1) is 20.6. The molecular formula is C12H14MnO3. The van der Waals surface area contributed by atoms with E-state index in [4.69, 9.17) is 14.0 Å². The molecule has 1 saturated heterocycles. The molecule has 1 aromatic carbocycles. The average Bonchev–Trinajstić information content (AvgIpc) is 2.95. The molecule has 2 rings (SSSR count). The molecule has 0 spiro atoms. The van der Waals surface area contributed by atoms with Crippen LogP contribution in [0.3, 0.4) is 0 Å². The molecule has 1 aliphatic heterocycles. The average molecular weight is 261 g/mol. The largest absolute Gasteiger partial charge is 0.0623 e. The predicted octanol–water partition coefficient (Wildman–Crippen LogP) is 2.41. The maximum absolute atomic E-state index is 7.50. The number of ether oxygens (including phenoxy) is 1. The van der Waals surface area contributed by atoms with E-state index in [1.165, 1.54) is 12.8 Å². The van der Waals surface area contributed by atoms with Crippen LogP contribution < -0.4 is 0 Å². The van der Waals surface area contributed by atoms with Gasteiger partial charge in [0.2, 0.25) is 0 Å². The van der Waals surface area contributed by atoms with E-state index in [2.05, 4.69) is 13.3 Å². The van der Waals surface area contributed by atoms with Gasteiger partial charge in [0.05, 0.1) is 0 Å². The zero-order valence-corrected chi connectivity index (χ0v) is 10.1. The fraction of sp³-hybridized carbons (Fsp3) is 0.333. The van der Waals surface area contributed by atoms with Crippen molar-refractivity contribution in [3.05, 3.63) is 49.7 Å². The van der Waals surface area contributed by atoms with E-state index in [-0.39, 0.29) is 17.1 Å². The second kappa shape index (κ2) is 23.8.